The number of benzene rings is 1. The number of hydrogen-bond acceptors (Lipinski definition) is 5. The van der Waals surface area contributed by atoms with Gasteiger partial charge in [-0.1, -0.05) is 0 Å². The summed E-state index contributed by atoms with van der Waals surface area (Å²) in [5.74, 6) is 0.708. The number of ether oxygens (including phenoxy) is 3. The second-order valence-corrected chi connectivity index (χ2v) is 6.77. The van der Waals surface area contributed by atoms with Gasteiger partial charge in [0.05, 0.1) is 20.3 Å². The molecule has 0 aromatic heterocycles. The highest BCUT2D eigenvalue weighted by Crippen LogP contribution is 2.30. The molecule has 1 heterocycles. The van der Waals surface area contributed by atoms with E-state index in [-0.39, 0.29) is 31.0 Å². The number of halogens is 3. The third-order valence-electron chi connectivity index (χ3n) is 4.75. The van der Waals surface area contributed by atoms with Crippen LogP contribution in [-0.4, -0.2) is 57.0 Å². The Morgan fingerprint density at radius 1 is 1.21 bits per heavy atom. The Morgan fingerprint density at radius 2 is 1.86 bits per heavy atom. The molecule has 0 unspecified atom stereocenters. The maximum absolute atomic E-state index is 12.6. The summed E-state index contributed by atoms with van der Waals surface area (Å²) in [4.78, 5) is 25.5. The van der Waals surface area contributed by atoms with Crippen molar-refractivity contribution < 1.29 is 37.0 Å². The SMILES string of the molecule is COc1ccc(OC)c([C@@H](C)NC(=O)C2CCN(C(=O)OCC(F)(F)F)CC2)c1. The van der Waals surface area contributed by atoms with Crippen molar-refractivity contribution in [3.05, 3.63) is 23.8 Å². The van der Waals surface area contributed by atoms with Gasteiger partial charge in [-0.15, -0.1) is 0 Å². The van der Waals surface area contributed by atoms with Crippen molar-refractivity contribution in [3.63, 3.8) is 0 Å². The van der Waals surface area contributed by atoms with Crippen molar-refractivity contribution in [2.75, 3.05) is 33.9 Å². The molecule has 0 radical (unpaired) electrons. The van der Waals surface area contributed by atoms with Gasteiger partial charge >= 0.3 is 12.3 Å². The molecular weight excluding hydrogens is 393 g/mol. The highest BCUT2D eigenvalue weighted by Gasteiger charge is 2.33. The monoisotopic (exact) mass is 418 g/mol. The van der Waals surface area contributed by atoms with Crippen molar-refractivity contribution in [1.82, 2.24) is 10.2 Å². The van der Waals surface area contributed by atoms with Gasteiger partial charge in [0.15, 0.2) is 6.61 Å². The van der Waals surface area contributed by atoms with E-state index < -0.39 is 18.9 Å². The molecule has 1 aromatic rings. The maximum Gasteiger partial charge on any atom is 0.422 e. The van der Waals surface area contributed by atoms with E-state index in [0.29, 0.717) is 24.3 Å². The zero-order chi connectivity index (χ0) is 21.6. The van der Waals surface area contributed by atoms with Gasteiger partial charge in [-0.25, -0.2) is 4.79 Å². The van der Waals surface area contributed by atoms with Gasteiger partial charge < -0.3 is 24.4 Å². The Balaban J connectivity index is 1.89. The summed E-state index contributed by atoms with van der Waals surface area (Å²) in [6.07, 6.45) is -4.90. The maximum atomic E-state index is 12.6. The summed E-state index contributed by atoms with van der Waals surface area (Å²) in [5.41, 5.74) is 0.758. The molecule has 1 atom stereocenters. The van der Waals surface area contributed by atoms with E-state index in [2.05, 4.69) is 10.1 Å². The Labute approximate surface area is 167 Å². The lowest BCUT2D eigenvalue weighted by molar-refractivity contribution is -0.162. The van der Waals surface area contributed by atoms with E-state index >= 15 is 0 Å². The fourth-order valence-electron chi connectivity index (χ4n) is 3.15. The van der Waals surface area contributed by atoms with Crippen LogP contribution in [0.15, 0.2) is 18.2 Å². The summed E-state index contributed by atoms with van der Waals surface area (Å²) in [5, 5.41) is 2.92. The first-order chi connectivity index (χ1) is 13.6. The van der Waals surface area contributed by atoms with E-state index in [4.69, 9.17) is 9.47 Å². The Bertz CT molecular complexity index is 718. The number of likely N-dealkylation sites (tertiary alicyclic amines) is 1. The standard InChI is InChI=1S/C19H25F3N2O5/c1-12(15-10-14(27-2)4-5-16(15)28-3)23-17(25)13-6-8-24(9-7-13)18(26)29-11-19(20,21)22/h4-5,10,12-13H,6-9,11H2,1-3H3,(H,23,25)/t12-/m1/s1. The van der Waals surface area contributed by atoms with Gasteiger partial charge in [0.25, 0.3) is 0 Å². The molecule has 29 heavy (non-hydrogen) atoms. The number of amides is 2. The first-order valence-electron chi connectivity index (χ1n) is 9.15. The largest absolute Gasteiger partial charge is 0.497 e. The molecule has 10 heteroatoms. The third kappa shape index (κ3) is 6.43. The highest BCUT2D eigenvalue weighted by atomic mass is 19.4. The van der Waals surface area contributed by atoms with E-state index in [1.165, 1.54) is 12.0 Å². The first kappa shape index (κ1) is 22.6. The molecule has 0 spiro atoms. The van der Waals surface area contributed by atoms with Crippen LogP contribution in [0, 0.1) is 5.92 Å². The highest BCUT2D eigenvalue weighted by molar-refractivity contribution is 5.79. The van der Waals surface area contributed by atoms with Crippen LogP contribution >= 0.6 is 0 Å². The van der Waals surface area contributed by atoms with Gasteiger partial charge in [0, 0.05) is 24.6 Å². The predicted molar refractivity (Wildman–Crippen MR) is 97.8 cm³/mol. The first-order valence-corrected chi connectivity index (χ1v) is 9.15. The van der Waals surface area contributed by atoms with Crippen LogP contribution in [0.5, 0.6) is 11.5 Å². The quantitative estimate of drug-likeness (QED) is 0.767. The zero-order valence-electron chi connectivity index (χ0n) is 16.5. The molecule has 1 aliphatic rings. The molecule has 162 valence electrons. The van der Waals surface area contributed by atoms with Gasteiger partial charge in [-0.05, 0) is 38.0 Å². The fraction of sp³-hybridized carbons (Fsp3) is 0.579. The number of methoxy groups -OCH3 is 2. The predicted octanol–water partition coefficient (Wildman–Crippen LogP) is 3.29. The minimum Gasteiger partial charge on any atom is -0.497 e. The number of nitrogens with one attached hydrogen (secondary N) is 1. The number of carbonyl (C=O) groups excluding carboxylic acids is 2. The summed E-state index contributed by atoms with van der Waals surface area (Å²) >= 11 is 0. The van der Waals surface area contributed by atoms with Crippen LogP contribution in [0.2, 0.25) is 0 Å². The number of alkyl halides is 3. The zero-order valence-corrected chi connectivity index (χ0v) is 16.5. The molecular formula is C19H25F3N2O5. The summed E-state index contributed by atoms with van der Waals surface area (Å²) < 4.78 is 51.2. The topological polar surface area (TPSA) is 77.1 Å². The summed E-state index contributed by atoms with van der Waals surface area (Å²) in [7, 11) is 3.08. The number of rotatable bonds is 6. The number of carbonyl (C=O) groups is 2. The second-order valence-electron chi connectivity index (χ2n) is 6.77. The van der Waals surface area contributed by atoms with Crippen LogP contribution in [-0.2, 0) is 9.53 Å². The van der Waals surface area contributed by atoms with Crippen molar-refractivity contribution in [1.29, 1.82) is 0 Å². The average Bonchev–Trinajstić information content (AvgIpc) is 2.70. The van der Waals surface area contributed by atoms with Crippen LogP contribution in [0.3, 0.4) is 0 Å². The van der Waals surface area contributed by atoms with Crippen LogP contribution in [0.25, 0.3) is 0 Å². The molecule has 2 amide bonds. The second kappa shape index (κ2) is 9.71. The van der Waals surface area contributed by atoms with Gasteiger partial charge in [-0.3, -0.25) is 4.79 Å². The average molecular weight is 418 g/mol. The van der Waals surface area contributed by atoms with Gasteiger partial charge in [-0.2, -0.15) is 13.2 Å². The molecule has 0 saturated carbocycles. The van der Waals surface area contributed by atoms with Crippen molar-refractivity contribution in [3.8, 4) is 11.5 Å². The van der Waals surface area contributed by atoms with Crippen molar-refractivity contribution in [2.45, 2.75) is 32.0 Å². The molecule has 0 bridgehead atoms. The van der Waals surface area contributed by atoms with Crippen molar-refractivity contribution >= 4 is 12.0 Å². The molecule has 2 rings (SSSR count). The third-order valence-corrected chi connectivity index (χ3v) is 4.75. The molecule has 0 aliphatic carbocycles. The minimum atomic E-state index is -4.56. The molecule has 1 fully saturated rings. The molecule has 1 aromatic carbocycles. The smallest absolute Gasteiger partial charge is 0.422 e. The van der Waals surface area contributed by atoms with Gasteiger partial charge in [0.1, 0.15) is 11.5 Å². The van der Waals surface area contributed by atoms with Crippen LogP contribution < -0.4 is 14.8 Å². The van der Waals surface area contributed by atoms with E-state index in [9.17, 15) is 22.8 Å². The van der Waals surface area contributed by atoms with Crippen LogP contribution in [0.1, 0.15) is 31.4 Å². The molecule has 1 N–H and O–H groups in total. The van der Waals surface area contributed by atoms with Crippen LogP contribution in [0.4, 0.5) is 18.0 Å². The molecule has 1 aliphatic heterocycles. The summed E-state index contributed by atoms with van der Waals surface area (Å²) in [6, 6.07) is 4.94. The minimum absolute atomic E-state index is 0.158. The lowest BCUT2D eigenvalue weighted by atomic mass is 9.95. The van der Waals surface area contributed by atoms with E-state index in [1.807, 2.05) is 6.92 Å². The Hall–Kier alpha value is -2.65. The molecule has 1 saturated heterocycles. The van der Waals surface area contributed by atoms with Crippen molar-refractivity contribution in [2.24, 2.45) is 5.92 Å². The van der Waals surface area contributed by atoms with E-state index in [1.54, 1.807) is 25.3 Å². The normalized spacial score (nSPS) is 16.1. The lowest BCUT2D eigenvalue weighted by Gasteiger charge is -2.31. The number of piperidine rings is 1. The summed E-state index contributed by atoms with van der Waals surface area (Å²) in [6.45, 7) is 0.516. The number of nitrogens with zero attached hydrogens (tertiary/aromatic N) is 1. The lowest BCUT2D eigenvalue weighted by Crippen LogP contribution is -2.44. The fourth-order valence-corrected chi connectivity index (χ4v) is 3.15. The Kier molecular flexibility index (Phi) is 7.58. The van der Waals surface area contributed by atoms with Gasteiger partial charge in [0.2, 0.25) is 5.91 Å². The Morgan fingerprint density at radius 3 is 2.41 bits per heavy atom. The molecule has 7 nitrogen and oxygen atoms in total. The van der Waals surface area contributed by atoms with E-state index in [0.717, 1.165) is 5.56 Å². The number of hydrogen-bond donors (Lipinski definition) is 1.